The molecule has 0 radical (unpaired) electrons. The van der Waals surface area contributed by atoms with Crippen molar-refractivity contribution in [1.82, 2.24) is 9.97 Å². The fourth-order valence-electron chi connectivity index (χ4n) is 3.17. The molecule has 0 atom stereocenters. The first kappa shape index (κ1) is 20.0. The average molecular weight is 422 g/mol. The van der Waals surface area contributed by atoms with Gasteiger partial charge in [0.25, 0.3) is 0 Å². The number of ether oxygens (including phenoxy) is 3. The first-order chi connectivity index (χ1) is 14.7. The molecule has 4 aromatic rings. The van der Waals surface area contributed by atoms with Crippen LogP contribution in [0.3, 0.4) is 0 Å². The lowest BCUT2D eigenvalue weighted by atomic mass is 10.1. The number of hydrogen-bond acceptors (Lipinski definition) is 7. The van der Waals surface area contributed by atoms with Crippen LogP contribution in [0.25, 0.3) is 21.3 Å². The number of hydrogen-bond donors (Lipinski definition) is 1. The topological polar surface area (TPSA) is 65.5 Å². The van der Waals surface area contributed by atoms with Gasteiger partial charge in [-0.15, -0.1) is 11.3 Å². The van der Waals surface area contributed by atoms with Crippen LogP contribution >= 0.6 is 11.3 Å². The molecule has 0 saturated heterocycles. The maximum absolute atomic E-state index is 5.82. The van der Waals surface area contributed by atoms with Crippen molar-refractivity contribution in [3.05, 3.63) is 59.7 Å². The van der Waals surface area contributed by atoms with Crippen LogP contribution < -0.4 is 19.5 Å². The van der Waals surface area contributed by atoms with Crippen LogP contribution in [0.4, 0.5) is 5.82 Å². The largest absolute Gasteiger partial charge is 0.497 e. The van der Waals surface area contributed by atoms with E-state index in [1.165, 1.54) is 0 Å². The minimum Gasteiger partial charge on any atom is -0.497 e. The summed E-state index contributed by atoms with van der Waals surface area (Å²) in [6.07, 6.45) is 0. The van der Waals surface area contributed by atoms with E-state index in [2.05, 4.69) is 32.8 Å². The van der Waals surface area contributed by atoms with Crippen LogP contribution in [0.2, 0.25) is 0 Å². The van der Waals surface area contributed by atoms with Gasteiger partial charge in [0.1, 0.15) is 40.3 Å². The first-order valence-corrected chi connectivity index (χ1v) is 10.5. The predicted octanol–water partition coefficient (Wildman–Crippen LogP) is 5.17. The van der Waals surface area contributed by atoms with E-state index in [1.807, 2.05) is 43.3 Å². The smallest absolute Gasteiger partial charge is 0.139 e. The monoisotopic (exact) mass is 421 g/mol. The summed E-state index contributed by atoms with van der Waals surface area (Å²) in [5.74, 6) is 4.01. The molecule has 0 aliphatic carbocycles. The van der Waals surface area contributed by atoms with Crippen molar-refractivity contribution in [2.45, 2.75) is 6.92 Å². The van der Waals surface area contributed by atoms with E-state index in [4.69, 9.17) is 14.2 Å². The molecule has 0 unspecified atom stereocenters. The molecule has 0 amide bonds. The summed E-state index contributed by atoms with van der Waals surface area (Å²) in [7, 11) is 3.32. The lowest BCUT2D eigenvalue weighted by molar-refractivity contribution is 0.331. The number of nitrogens with zero attached hydrogens (tertiary/aromatic N) is 2. The number of methoxy groups -OCH3 is 2. The van der Waals surface area contributed by atoms with Crippen molar-refractivity contribution in [1.29, 1.82) is 0 Å². The molecular formula is C23H23N3O3S. The number of anilines is 1. The van der Waals surface area contributed by atoms with Crippen LogP contribution in [-0.2, 0) is 0 Å². The van der Waals surface area contributed by atoms with Gasteiger partial charge in [-0.3, -0.25) is 0 Å². The van der Waals surface area contributed by atoms with Crippen molar-refractivity contribution in [3.8, 4) is 28.4 Å². The van der Waals surface area contributed by atoms with Gasteiger partial charge in [0.05, 0.1) is 26.2 Å². The minimum atomic E-state index is 0.513. The third kappa shape index (κ3) is 4.31. The predicted molar refractivity (Wildman–Crippen MR) is 121 cm³/mol. The van der Waals surface area contributed by atoms with Crippen LogP contribution in [0.1, 0.15) is 5.82 Å². The Morgan fingerprint density at radius 3 is 2.17 bits per heavy atom. The Kier molecular flexibility index (Phi) is 5.99. The molecule has 0 aliphatic rings. The number of thiophene rings is 1. The summed E-state index contributed by atoms with van der Waals surface area (Å²) in [5.41, 5.74) is 2.21. The van der Waals surface area contributed by atoms with E-state index in [0.29, 0.717) is 13.2 Å². The van der Waals surface area contributed by atoms with Gasteiger partial charge in [-0.25, -0.2) is 9.97 Å². The summed E-state index contributed by atoms with van der Waals surface area (Å²) in [6.45, 7) is 3.04. The molecule has 0 saturated carbocycles. The summed E-state index contributed by atoms with van der Waals surface area (Å²) in [6, 6.07) is 15.6. The number of fused-ring (bicyclic) bond motifs is 1. The number of benzene rings is 2. The van der Waals surface area contributed by atoms with Crippen molar-refractivity contribution in [2.75, 3.05) is 32.7 Å². The second-order valence-electron chi connectivity index (χ2n) is 6.63. The van der Waals surface area contributed by atoms with Crippen molar-refractivity contribution in [3.63, 3.8) is 0 Å². The average Bonchev–Trinajstić information content (AvgIpc) is 3.21. The molecular weight excluding hydrogens is 398 g/mol. The third-order valence-corrected chi connectivity index (χ3v) is 5.54. The van der Waals surface area contributed by atoms with E-state index >= 15 is 0 Å². The first-order valence-electron chi connectivity index (χ1n) is 9.59. The van der Waals surface area contributed by atoms with E-state index in [-0.39, 0.29) is 0 Å². The molecule has 6 nitrogen and oxygen atoms in total. The zero-order chi connectivity index (χ0) is 20.9. The fraction of sp³-hybridized carbons (Fsp3) is 0.217. The van der Waals surface area contributed by atoms with E-state index in [9.17, 15) is 0 Å². The van der Waals surface area contributed by atoms with E-state index in [1.54, 1.807) is 25.6 Å². The molecule has 0 bridgehead atoms. The molecule has 0 fully saturated rings. The van der Waals surface area contributed by atoms with Gasteiger partial charge in [0.2, 0.25) is 0 Å². The molecule has 1 N–H and O–H groups in total. The van der Waals surface area contributed by atoms with Gasteiger partial charge in [-0.2, -0.15) is 0 Å². The maximum atomic E-state index is 5.82. The van der Waals surface area contributed by atoms with Gasteiger partial charge in [-0.1, -0.05) is 12.1 Å². The van der Waals surface area contributed by atoms with E-state index in [0.717, 1.165) is 50.2 Å². The van der Waals surface area contributed by atoms with E-state index < -0.39 is 0 Å². The Morgan fingerprint density at radius 1 is 0.867 bits per heavy atom. The standard InChI is InChI=1S/C23H23N3O3S/c1-15-25-22(24-12-13-29-19-10-8-18(28-3)9-11-19)21-20(14-30-23(21)26-15)16-4-6-17(27-2)7-5-16/h4-11,14H,12-13H2,1-3H3,(H,24,25,26). The SMILES string of the molecule is COc1ccc(OCCNc2nc(C)nc3scc(-c4ccc(OC)cc4)c23)cc1. The molecule has 2 aromatic heterocycles. The molecule has 0 aliphatic heterocycles. The van der Waals surface area contributed by atoms with Crippen LogP contribution in [0, 0.1) is 6.92 Å². The number of aryl methyl sites for hydroxylation is 1. The maximum Gasteiger partial charge on any atom is 0.139 e. The Bertz CT molecular complexity index is 1130. The highest BCUT2D eigenvalue weighted by Crippen LogP contribution is 2.37. The Hall–Kier alpha value is -3.32. The molecule has 30 heavy (non-hydrogen) atoms. The number of aromatic nitrogens is 2. The minimum absolute atomic E-state index is 0.513. The van der Waals surface area contributed by atoms with Gasteiger partial charge in [0.15, 0.2) is 0 Å². The zero-order valence-electron chi connectivity index (χ0n) is 17.1. The Balaban J connectivity index is 1.51. The Morgan fingerprint density at radius 2 is 1.50 bits per heavy atom. The van der Waals surface area contributed by atoms with Crippen molar-refractivity contribution in [2.24, 2.45) is 0 Å². The van der Waals surface area contributed by atoms with Gasteiger partial charge in [-0.05, 0) is 48.9 Å². The summed E-state index contributed by atoms with van der Waals surface area (Å²) < 4.78 is 16.3. The van der Waals surface area contributed by atoms with Gasteiger partial charge in [0, 0.05) is 10.9 Å². The van der Waals surface area contributed by atoms with Crippen LogP contribution in [0.15, 0.2) is 53.9 Å². The molecule has 2 aromatic carbocycles. The molecule has 154 valence electrons. The molecule has 4 rings (SSSR count). The van der Waals surface area contributed by atoms with Crippen molar-refractivity contribution >= 4 is 27.4 Å². The highest BCUT2D eigenvalue weighted by atomic mass is 32.1. The Labute approximate surface area is 179 Å². The van der Waals surface area contributed by atoms with Gasteiger partial charge >= 0.3 is 0 Å². The molecule has 0 spiro atoms. The van der Waals surface area contributed by atoms with Crippen molar-refractivity contribution < 1.29 is 14.2 Å². The fourth-order valence-corrected chi connectivity index (χ4v) is 4.16. The number of nitrogens with one attached hydrogen (secondary N) is 1. The summed E-state index contributed by atoms with van der Waals surface area (Å²) in [5, 5.41) is 6.57. The second kappa shape index (κ2) is 9.00. The molecule has 2 heterocycles. The lowest BCUT2D eigenvalue weighted by Crippen LogP contribution is -2.13. The lowest BCUT2D eigenvalue weighted by Gasteiger charge is -2.11. The quantitative estimate of drug-likeness (QED) is 0.396. The normalized spacial score (nSPS) is 10.8. The second-order valence-corrected chi connectivity index (χ2v) is 7.49. The van der Waals surface area contributed by atoms with Gasteiger partial charge < -0.3 is 19.5 Å². The highest BCUT2D eigenvalue weighted by molar-refractivity contribution is 7.17. The number of rotatable bonds is 8. The summed E-state index contributed by atoms with van der Waals surface area (Å²) >= 11 is 1.62. The highest BCUT2D eigenvalue weighted by Gasteiger charge is 2.14. The van der Waals surface area contributed by atoms with Crippen LogP contribution in [-0.4, -0.2) is 37.3 Å². The third-order valence-electron chi connectivity index (χ3n) is 4.67. The molecule has 7 heteroatoms. The van der Waals surface area contributed by atoms with Crippen LogP contribution in [0.5, 0.6) is 17.2 Å². The summed E-state index contributed by atoms with van der Waals surface area (Å²) in [4.78, 5) is 10.2. The zero-order valence-corrected chi connectivity index (χ0v) is 18.0.